The summed E-state index contributed by atoms with van der Waals surface area (Å²) in [6, 6.07) is 18.1. The number of hydrogen-bond acceptors (Lipinski definition) is 7. The Balaban J connectivity index is 1.26. The summed E-state index contributed by atoms with van der Waals surface area (Å²) < 4.78 is 30.7. The Morgan fingerprint density at radius 2 is 1.86 bits per heavy atom. The Morgan fingerprint density at radius 3 is 2.60 bits per heavy atom. The van der Waals surface area contributed by atoms with Gasteiger partial charge in [-0.15, -0.1) is 11.3 Å². The van der Waals surface area contributed by atoms with E-state index in [-0.39, 0.29) is 29.4 Å². The van der Waals surface area contributed by atoms with Gasteiger partial charge in [-0.05, 0) is 43.3 Å². The number of nitrogens with zero attached hydrogens (tertiary/aromatic N) is 4. The highest BCUT2D eigenvalue weighted by Gasteiger charge is 2.21. The summed E-state index contributed by atoms with van der Waals surface area (Å²) in [4.78, 5) is 36.3. The molecule has 9 nitrogen and oxygen atoms in total. The highest BCUT2D eigenvalue weighted by atomic mass is 32.1. The predicted octanol–water partition coefficient (Wildman–Crippen LogP) is 6.43. The van der Waals surface area contributed by atoms with Crippen molar-refractivity contribution in [1.29, 1.82) is 0 Å². The number of para-hydroxylation sites is 1. The third-order valence-corrected chi connectivity index (χ3v) is 7.52. The zero-order valence-electron chi connectivity index (χ0n) is 22.6. The van der Waals surface area contributed by atoms with Crippen LogP contribution in [0.3, 0.4) is 0 Å². The van der Waals surface area contributed by atoms with E-state index in [4.69, 9.17) is 9.47 Å². The number of benzene rings is 2. The van der Waals surface area contributed by atoms with E-state index < -0.39 is 17.3 Å². The van der Waals surface area contributed by atoms with E-state index in [1.165, 1.54) is 28.0 Å². The van der Waals surface area contributed by atoms with Crippen molar-refractivity contribution in [3.63, 3.8) is 0 Å². The topological polar surface area (TPSA) is 100 Å². The van der Waals surface area contributed by atoms with Gasteiger partial charge >= 0.3 is 0 Å². The molecule has 0 aliphatic rings. The van der Waals surface area contributed by atoms with Gasteiger partial charge in [-0.1, -0.05) is 18.2 Å². The van der Waals surface area contributed by atoms with Crippen LogP contribution < -0.4 is 20.3 Å². The third kappa shape index (κ3) is 5.25. The molecule has 0 saturated heterocycles. The number of halogens is 1. The molecule has 2 aromatic carbocycles. The fourth-order valence-electron chi connectivity index (χ4n) is 4.43. The predicted molar refractivity (Wildman–Crippen MR) is 159 cm³/mol. The lowest BCUT2D eigenvalue weighted by atomic mass is 10.2. The lowest BCUT2D eigenvalue weighted by molar-refractivity contribution is 0.102. The van der Waals surface area contributed by atoms with Crippen molar-refractivity contribution in [3.8, 4) is 33.5 Å². The van der Waals surface area contributed by atoms with Crippen LogP contribution in [-0.2, 0) is 7.05 Å². The maximum Gasteiger partial charge on any atom is 0.271 e. The van der Waals surface area contributed by atoms with Crippen LogP contribution in [0.25, 0.3) is 26.5 Å². The molecule has 0 unspecified atom stereocenters. The van der Waals surface area contributed by atoms with Gasteiger partial charge in [0.2, 0.25) is 0 Å². The van der Waals surface area contributed by atoms with E-state index in [1.807, 2.05) is 29.9 Å². The van der Waals surface area contributed by atoms with Gasteiger partial charge in [0.1, 0.15) is 17.1 Å². The number of hydrogen-bond donors (Lipinski definition) is 1. The molecule has 0 aliphatic heterocycles. The normalized spacial score (nSPS) is 11.0. The SMILES string of the molecule is CCOc1ccn(-c2ccccc2)c(=O)c1C(=O)Nc1ccc(Oc2ccnc3cc(-c4cn(C)cn4)sc23)c(F)c1. The van der Waals surface area contributed by atoms with Crippen LogP contribution in [0.2, 0.25) is 0 Å². The zero-order valence-corrected chi connectivity index (χ0v) is 23.4. The number of imidazole rings is 1. The van der Waals surface area contributed by atoms with Gasteiger partial charge in [-0.25, -0.2) is 9.37 Å². The van der Waals surface area contributed by atoms with Crippen molar-refractivity contribution in [2.75, 3.05) is 11.9 Å². The second-order valence-electron chi connectivity index (χ2n) is 9.26. The molecule has 0 radical (unpaired) electrons. The molecular weight excluding hydrogens is 557 g/mol. The molecule has 4 heterocycles. The molecule has 0 atom stereocenters. The van der Waals surface area contributed by atoms with Crippen molar-refractivity contribution >= 4 is 33.1 Å². The number of carbonyl (C=O) groups excluding carboxylic acids is 1. The first-order valence-corrected chi connectivity index (χ1v) is 13.8. The van der Waals surface area contributed by atoms with Crippen LogP contribution in [0.4, 0.5) is 10.1 Å². The van der Waals surface area contributed by atoms with Gasteiger partial charge in [0.05, 0.1) is 33.7 Å². The number of nitrogens with one attached hydrogen (secondary N) is 1. The van der Waals surface area contributed by atoms with Crippen LogP contribution in [0, 0.1) is 5.82 Å². The van der Waals surface area contributed by atoms with Gasteiger partial charge in [0.25, 0.3) is 11.5 Å². The molecule has 6 aromatic rings. The van der Waals surface area contributed by atoms with Gasteiger partial charge in [0.15, 0.2) is 11.6 Å². The second-order valence-corrected chi connectivity index (χ2v) is 10.3. The van der Waals surface area contributed by atoms with E-state index >= 15 is 4.39 Å². The van der Waals surface area contributed by atoms with Gasteiger partial charge in [0, 0.05) is 49.1 Å². The smallest absolute Gasteiger partial charge is 0.271 e. The molecule has 0 spiro atoms. The Morgan fingerprint density at radius 1 is 1.02 bits per heavy atom. The average molecular weight is 582 g/mol. The highest BCUT2D eigenvalue weighted by Crippen LogP contribution is 2.39. The Bertz CT molecular complexity index is 1980. The molecule has 6 rings (SSSR count). The Labute approximate surface area is 243 Å². The maximum absolute atomic E-state index is 15.2. The molecule has 42 heavy (non-hydrogen) atoms. The molecule has 210 valence electrons. The molecule has 11 heteroatoms. The molecule has 0 fully saturated rings. The van der Waals surface area contributed by atoms with Crippen LogP contribution in [0.15, 0.2) is 96.4 Å². The summed E-state index contributed by atoms with van der Waals surface area (Å²) in [6.45, 7) is 2.01. The number of amides is 1. The van der Waals surface area contributed by atoms with Crippen molar-refractivity contribution in [3.05, 3.63) is 113 Å². The number of ether oxygens (including phenoxy) is 2. The minimum Gasteiger partial charge on any atom is -0.493 e. The lowest BCUT2D eigenvalue weighted by Gasteiger charge is -2.14. The number of rotatable bonds is 8. The van der Waals surface area contributed by atoms with Gasteiger partial charge in [-0.3, -0.25) is 19.1 Å². The minimum absolute atomic E-state index is 0.0329. The van der Waals surface area contributed by atoms with Crippen molar-refractivity contribution in [1.82, 2.24) is 19.1 Å². The Kier molecular flexibility index (Phi) is 7.24. The van der Waals surface area contributed by atoms with E-state index in [9.17, 15) is 9.59 Å². The van der Waals surface area contributed by atoms with Crippen LogP contribution in [-0.4, -0.2) is 31.6 Å². The standard InChI is InChI=1S/C31H24FN5O4S/c1-3-40-25-12-14-37(20-7-5-4-6-8-20)31(39)28(25)30(38)35-19-9-10-24(21(32)15-19)41-26-11-13-33-22-16-27(42-29(22)26)23-17-36(2)18-34-23/h4-18H,3H2,1-2H3,(H,35,38). The quantitative estimate of drug-likeness (QED) is 0.222. The monoisotopic (exact) mass is 581 g/mol. The van der Waals surface area contributed by atoms with Crippen LogP contribution in [0.1, 0.15) is 17.3 Å². The number of anilines is 1. The fraction of sp³-hybridized carbons (Fsp3) is 0.0968. The van der Waals surface area contributed by atoms with Gasteiger partial charge < -0.3 is 19.4 Å². The molecule has 0 bridgehead atoms. The number of carbonyl (C=O) groups is 1. The number of thiophene rings is 1. The Hall–Kier alpha value is -5.29. The summed E-state index contributed by atoms with van der Waals surface area (Å²) in [7, 11) is 1.89. The summed E-state index contributed by atoms with van der Waals surface area (Å²) in [5.41, 5.74) is 1.50. The first kappa shape index (κ1) is 26.9. The summed E-state index contributed by atoms with van der Waals surface area (Å²) in [5, 5.41) is 2.62. The van der Waals surface area contributed by atoms with Crippen molar-refractivity contribution < 1.29 is 18.7 Å². The first-order chi connectivity index (χ1) is 20.4. The van der Waals surface area contributed by atoms with Crippen LogP contribution >= 0.6 is 11.3 Å². The summed E-state index contributed by atoms with van der Waals surface area (Å²) in [5.74, 6) is -0.878. The summed E-state index contributed by atoms with van der Waals surface area (Å²) in [6.07, 6.45) is 6.77. The molecule has 4 aromatic heterocycles. The van der Waals surface area contributed by atoms with Crippen LogP contribution in [0.5, 0.6) is 17.2 Å². The number of aromatic nitrogens is 4. The lowest BCUT2D eigenvalue weighted by Crippen LogP contribution is -2.29. The van der Waals surface area contributed by atoms with Gasteiger partial charge in [-0.2, -0.15) is 0 Å². The number of pyridine rings is 2. The average Bonchev–Trinajstić information content (AvgIpc) is 3.62. The van der Waals surface area contributed by atoms with E-state index in [0.29, 0.717) is 17.0 Å². The number of aryl methyl sites for hydroxylation is 1. The second kappa shape index (κ2) is 11.3. The zero-order chi connectivity index (χ0) is 29.2. The van der Waals surface area contributed by atoms with E-state index in [0.717, 1.165) is 21.3 Å². The number of fused-ring (bicyclic) bond motifs is 1. The summed E-state index contributed by atoms with van der Waals surface area (Å²) >= 11 is 1.44. The highest BCUT2D eigenvalue weighted by molar-refractivity contribution is 7.22. The molecule has 1 amide bonds. The fourth-order valence-corrected chi connectivity index (χ4v) is 5.46. The van der Waals surface area contributed by atoms with E-state index in [2.05, 4.69) is 15.3 Å². The maximum atomic E-state index is 15.2. The molecular formula is C31H24FN5O4S. The first-order valence-electron chi connectivity index (χ1n) is 13.0. The molecule has 1 N–H and O–H groups in total. The van der Waals surface area contributed by atoms with Crippen molar-refractivity contribution in [2.24, 2.45) is 7.05 Å². The molecule has 0 aliphatic carbocycles. The molecule has 0 saturated carbocycles. The third-order valence-electron chi connectivity index (χ3n) is 6.36. The van der Waals surface area contributed by atoms with E-state index in [1.54, 1.807) is 62.0 Å². The largest absolute Gasteiger partial charge is 0.493 e. The van der Waals surface area contributed by atoms with Crippen molar-refractivity contribution in [2.45, 2.75) is 6.92 Å². The minimum atomic E-state index is -0.724.